The van der Waals surface area contributed by atoms with E-state index in [0.29, 0.717) is 6.42 Å². The molecule has 2 rings (SSSR count). The van der Waals surface area contributed by atoms with Crippen molar-refractivity contribution in [1.29, 1.82) is 0 Å². The van der Waals surface area contributed by atoms with Crippen LogP contribution in [0.2, 0.25) is 0 Å². The van der Waals surface area contributed by atoms with Gasteiger partial charge in [0.15, 0.2) is 6.10 Å². The van der Waals surface area contributed by atoms with Crippen LogP contribution in [0.25, 0.3) is 0 Å². The molecule has 0 fully saturated rings. The molecule has 0 saturated carbocycles. The molecule has 1 aliphatic rings. The number of hydrogen-bond acceptors (Lipinski definition) is 5. The number of methoxy groups -OCH3 is 1. The number of amides is 1. The second-order valence-electron chi connectivity index (χ2n) is 6.34. The molecule has 0 unspecified atom stereocenters. The topological polar surface area (TPSA) is 78.9 Å². The molecule has 0 radical (unpaired) electrons. The Bertz CT molecular complexity index is 592. The van der Waals surface area contributed by atoms with E-state index in [1.165, 1.54) is 7.11 Å². The molecule has 0 aliphatic carbocycles. The van der Waals surface area contributed by atoms with Crippen LogP contribution in [0.15, 0.2) is 18.2 Å². The quantitative estimate of drug-likeness (QED) is 0.820. The van der Waals surface area contributed by atoms with E-state index in [2.05, 4.69) is 10.1 Å². The molecule has 120 valence electrons. The molecule has 6 nitrogen and oxygen atoms in total. The highest BCUT2D eigenvalue weighted by molar-refractivity contribution is 6.02. The fourth-order valence-corrected chi connectivity index (χ4v) is 2.60. The normalized spacial score (nSPS) is 15.5. The molecule has 0 aromatic heterocycles. The first-order valence-corrected chi connectivity index (χ1v) is 7.20. The Morgan fingerprint density at radius 2 is 2.14 bits per heavy atom. The van der Waals surface area contributed by atoms with Gasteiger partial charge in [0.25, 0.3) is 0 Å². The zero-order chi connectivity index (χ0) is 16.5. The van der Waals surface area contributed by atoms with Gasteiger partial charge in [-0.25, -0.2) is 4.79 Å². The Morgan fingerprint density at radius 3 is 2.73 bits per heavy atom. The highest BCUT2D eigenvalue weighted by Crippen LogP contribution is 2.35. The van der Waals surface area contributed by atoms with Gasteiger partial charge in [-0.15, -0.1) is 0 Å². The first-order chi connectivity index (χ1) is 10.2. The number of hydrogen-bond donors (Lipinski definition) is 2. The highest BCUT2D eigenvalue weighted by atomic mass is 16.5. The standard InChI is InChI=1S/C16H22N2O4/c1-16(2,3)18-12-6-5-11(7-10(12)8-14(18)20)17-9-13(19)15(21)22-4/h5-7,13,17,19H,8-9H2,1-4H3/t13-/m1/s1. The molecule has 1 heterocycles. The summed E-state index contributed by atoms with van der Waals surface area (Å²) < 4.78 is 4.46. The van der Waals surface area contributed by atoms with Gasteiger partial charge in [-0.2, -0.15) is 0 Å². The van der Waals surface area contributed by atoms with Gasteiger partial charge in [0.05, 0.1) is 20.1 Å². The monoisotopic (exact) mass is 306 g/mol. The fraction of sp³-hybridized carbons (Fsp3) is 0.500. The van der Waals surface area contributed by atoms with Crippen molar-refractivity contribution >= 4 is 23.3 Å². The van der Waals surface area contributed by atoms with E-state index in [-0.39, 0.29) is 18.0 Å². The van der Waals surface area contributed by atoms with Crippen molar-refractivity contribution in [2.24, 2.45) is 0 Å². The van der Waals surface area contributed by atoms with E-state index < -0.39 is 12.1 Å². The van der Waals surface area contributed by atoms with Crippen molar-refractivity contribution in [3.63, 3.8) is 0 Å². The van der Waals surface area contributed by atoms with Crippen molar-refractivity contribution in [2.75, 3.05) is 23.9 Å². The summed E-state index contributed by atoms with van der Waals surface area (Å²) in [5, 5.41) is 12.5. The molecule has 1 amide bonds. The van der Waals surface area contributed by atoms with Crippen LogP contribution in [-0.4, -0.2) is 42.3 Å². The summed E-state index contributed by atoms with van der Waals surface area (Å²) in [5.41, 5.74) is 2.34. The molecule has 0 spiro atoms. The number of nitrogens with one attached hydrogen (secondary N) is 1. The lowest BCUT2D eigenvalue weighted by atomic mass is 10.1. The first kappa shape index (κ1) is 16.3. The lowest BCUT2D eigenvalue weighted by Crippen LogP contribution is -2.43. The predicted octanol–water partition coefficient (Wildman–Crippen LogP) is 1.32. The largest absolute Gasteiger partial charge is 0.467 e. The van der Waals surface area contributed by atoms with Gasteiger partial charge >= 0.3 is 5.97 Å². The van der Waals surface area contributed by atoms with Crippen LogP contribution in [0.5, 0.6) is 0 Å². The van der Waals surface area contributed by atoms with Crippen LogP contribution in [-0.2, 0) is 20.7 Å². The SMILES string of the molecule is COC(=O)[C@H](O)CNc1ccc2c(c1)CC(=O)N2C(C)(C)C. The molecule has 6 heteroatoms. The Labute approximate surface area is 130 Å². The zero-order valence-corrected chi connectivity index (χ0v) is 13.3. The highest BCUT2D eigenvalue weighted by Gasteiger charge is 2.35. The molecule has 1 aromatic carbocycles. The van der Waals surface area contributed by atoms with Crippen molar-refractivity contribution in [1.82, 2.24) is 0 Å². The van der Waals surface area contributed by atoms with Crippen LogP contribution in [0.3, 0.4) is 0 Å². The van der Waals surface area contributed by atoms with E-state index in [9.17, 15) is 14.7 Å². The van der Waals surface area contributed by atoms with Gasteiger partial charge in [-0.1, -0.05) is 0 Å². The molecular weight excluding hydrogens is 284 g/mol. The average Bonchev–Trinajstić information content (AvgIpc) is 2.78. The van der Waals surface area contributed by atoms with Crippen molar-refractivity contribution < 1.29 is 19.4 Å². The van der Waals surface area contributed by atoms with Crippen molar-refractivity contribution in [2.45, 2.75) is 38.8 Å². The van der Waals surface area contributed by atoms with Crippen molar-refractivity contribution in [3.8, 4) is 0 Å². The maximum atomic E-state index is 12.2. The summed E-state index contributed by atoms with van der Waals surface area (Å²) >= 11 is 0. The number of carbonyl (C=O) groups excluding carboxylic acids is 2. The molecule has 0 bridgehead atoms. The Hall–Kier alpha value is -2.08. The van der Waals surface area contributed by atoms with Crippen molar-refractivity contribution in [3.05, 3.63) is 23.8 Å². The minimum absolute atomic E-state index is 0.0579. The van der Waals surface area contributed by atoms with Crippen LogP contribution in [0.1, 0.15) is 26.3 Å². The molecular formula is C16H22N2O4. The smallest absolute Gasteiger partial charge is 0.336 e. The van der Waals surface area contributed by atoms with E-state index in [0.717, 1.165) is 16.9 Å². The van der Waals surface area contributed by atoms with Crippen LogP contribution in [0, 0.1) is 0 Å². The number of ether oxygens (including phenoxy) is 1. The van der Waals surface area contributed by atoms with Gasteiger partial charge in [0.2, 0.25) is 5.91 Å². The number of nitrogens with zero attached hydrogens (tertiary/aromatic N) is 1. The molecule has 1 aliphatic heterocycles. The third-order valence-electron chi connectivity index (χ3n) is 3.56. The number of fused-ring (bicyclic) bond motifs is 1. The number of rotatable bonds is 4. The second-order valence-corrected chi connectivity index (χ2v) is 6.34. The first-order valence-electron chi connectivity index (χ1n) is 7.20. The predicted molar refractivity (Wildman–Crippen MR) is 83.9 cm³/mol. The third-order valence-corrected chi connectivity index (χ3v) is 3.56. The third kappa shape index (κ3) is 3.22. The Balaban J connectivity index is 2.12. The summed E-state index contributed by atoms with van der Waals surface area (Å²) in [4.78, 5) is 25.1. The lowest BCUT2D eigenvalue weighted by Gasteiger charge is -2.32. The summed E-state index contributed by atoms with van der Waals surface area (Å²) in [7, 11) is 1.23. The molecule has 1 aromatic rings. The van der Waals surface area contributed by atoms with E-state index in [4.69, 9.17) is 0 Å². The minimum atomic E-state index is -1.22. The lowest BCUT2D eigenvalue weighted by molar-refractivity contribution is -0.149. The van der Waals surface area contributed by atoms with Crippen LogP contribution in [0.4, 0.5) is 11.4 Å². The number of esters is 1. The number of aliphatic hydroxyl groups is 1. The second kappa shape index (κ2) is 5.96. The van der Waals surface area contributed by atoms with Gasteiger partial charge in [0.1, 0.15) is 0 Å². The van der Waals surface area contributed by atoms with Gasteiger partial charge < -0.3 is 20.1 Å². The number of benzene rings is 1. The number of anilines is 2. The Morgan fingerprint density at radius 1 is 1.45 bits per heavy atom. The fourth-order valence-electron chi connectivity index (χ4n) is 2.60. The number of carbonyl (C=O) groups is 2. The summed E-state index contributed by atoms with van der Waals surface area (Å²) in [5.74, 6) is -0.600. The van der Waals surface area contributed by atoms with Gasteiger partial charge in [-0.05, 0) is 44.5 Å². The molecule has 0 saturated heterocycles. The maximum absolute atomic E-state index is 12.2. The Kier molecular flexibility index (Phi) is 4.42. The number of aliphatic hydroxyl groups excluding tert-OH is 1. The van der Waals surface area contributed by atoms with Crippen LogP contribution >= 0.6 is 0 Å². The maximum Gasteiger partial charge on any atom is 0.336 e. The average molecular weight is 306 g/mol. The van der Waals surface area contributed by atoms with E-state index in [1.807, 2.05) is 39.0 Å². The van der Waals surface area contributed by atoms with Gasteiger partial charge in [0, 0.05) is 16.9 Å². The zero-order valence-electron chi connectivity index (χ0n) is 13.3. The molecule has 22 heavy (non-hydrogen) atoms. The molecule has 1 atom stereocenters. The minimum Gasteiger partial charge on any atom is -0.467 e. The van der Waals surface area contributed by atoms with E-state index in [1.54, 1.807) is 4.90 Å². The van der Waals surface area contributed by atoms with Crippen LogP contribution < -0.4 is 10.2 Å². The summed E-state index contributed by atoms with van der Waals surface area (Å²) in [6.07, 6.45) is -0.854. The summed E-state index contributed by atoms with van der Waals surface area (Å²) in [6, 6.07) is 5.60. The summed E-state index contributed by atoms with van der Waals surface area (Å²) in [6.45, 7) is 6.05. The molecule has 2 N–H and O–H groups in total. The van der Waals surface area contributed by atoms with E-state index >= 15 is 0 Å². The van der Waals surface area contributed by atoms with Gasteiger partial charge in [-0.3, -0.25) is 4.79 Å².